The van der Waals surface area contributed by atoms with Crippen molar-refractivity contribution < 1.29 is 27.0 Å². The second kappa shape index (κ2) is 7.06. The molecule has 0 aromatic carbocycles. The van der Waals surface area contributed by atoms with Gasteiger partial charge in [0.25, 0.3) is 0 Å². The molecule has 0 unspecified atom stereocenters. The molecule has 2 aromatic rings. The number of anilines is 2. The number of nitrogens with zero attached hydrogens (tertiary/aromatic N) is 2. The number of halogens is 4. The van der Waals surface area contributed by atoms with Gasteiger partial charge in [-0.3, -0.25) is 10.2 Å². The molecule has 112 valence electrons. The van der Waals surface area contributed by atoms with Gasteiger partial charge < -0.3 is 20.9 Å². The number of alkyl halides is 4. The Balaban J connectivity index is 0.000000200. The highest BCUT2D eigenvalue weighted by molar-refractivity contribution is 5.32. The fourth-order valence-corrected chi connectivity index (χ4v) is 0.938. The van der Waals surface area contributed by atoms with Gasteiger partial charge in [-0.25, -0.2) is 0 Å². The van der Waals surface area contributed by atoms with Gasteiger partial charge in [0.15, 0.2) is 0 Å². The minimum Gasteiger partial charge on any atom is -0.415 e. The molecule has 8 nitrogen and oxygen atoms in total. The van der Waals surface area contributed by atoms with E-state index in [2.05, 4.69) is 29.9 Å². The highest BCUT2D eigenvalue weighted by Crippen LogP contribution is 2.12. The second-order valence-electron chi connectivity index (χ2n) is 3.08. The first-order valence-corrected chi connectivity index (χ1v) is 4.88. The fraction of sp³-hybridized carbons (Fsp3) is 0.250. The molecule has 0 aliphatic heterocycles. The van der Waals surface area contributed by atoms with Crippen LogP contribution in [-0.2, 0) is 0 Å². The van der Waals surface area contributed by atoms with Crippen molar-refractivity contribution in [1.29, 1.82) is 0 Å². The molecule has 0 spiro atoms. The van der Waals surface area contributed by atoms with E-state index in [1.165, 1.54) is 12.1 Å². The van der Waals surface area contributed by atoms with E-state index >= 15 is 0 Å². The molecule has 0 saturated heterocycles. The van der Waals surface area contributed by atoms with Crippen molar-refractivity contribution in [2.24, 2.45) is 0 Å². The van der Waals surface area contributed by atoms with Crippen LogP contribution in [0.5, 0.6) is 11.8 Å². The number of ether oxygens (including phenoxy) is 2. The molecule has 6 N–H and O–H groups in total. The SMILES string of the molecule is Nc1cc(OC(F)F)n[nH]1.Nc1cc(OC(F)F)n[nH]1. The largest absolute Gasteiger partial charge is 0.415 e. The van der Waals surface area contributed by atoms with Crippen LogP contribution in [0.15, 0.2) is 12.1 Å². The number of hydrogen-bond acceptors (Lipinski definition) is 6. The van der Waals surface area contributed by atoms with Gasteiger partial charge in [0, 0.05) is 12.1 Å². The summed E-state index contributed by atoms with van der Waals surface area (Å²) in [5.74, 6) is -0.0219. The molecule has 0 amide bonds. The molecule has 0 fully saturated rings. The van der Waals surface area contributed by atoms with Crippen molar-refractivity contribution in [3.05, 3.63) is 12.1 Å². The van der Waals surface area contributed by atoms with Crippen molar-refractivity contribution in [3.63, 3.8) is 0 Å². The number of nitrogen functional groups attached to an aromatic ring is 2. The summed E-state index contributed by atoms with van der Waals surface area (Å²) in [6, 6.07) is 2.35. The summed E-state index contributed by atoms with van der Waals surface area (Å²) in [5, 5.41) is 11.1. The highest BCUT2D eigenvalue weighted by atomic mass is 19.3. The number of rotatable bonds is 4. The maximum atomic E-state index is 11.4. The smallest absolute Gasteiger partial charge is 0.388 e. The predicted octanol–water partition coefficient (Wildman–Crippen LogP) is 1.19. The average Bonchev–Trinajstić information content (AvgIpc) is 2.87. The molecule has 12 heteroatoms. The number of nitrogens with two attached hydrogens (primary N) is 2. The number of nitrogens with one attached hydrogen (secondary N) is 2. The lowest BCUT2D eigenvalue weighted by Gasteiger charge is -1.96. The predicted molar refractivity (Wildman–Crippen MR) is 59.3 cm³/mol. The van der Waals surface area contributed by atoms with Crippen molar-refractivity contribution in [1.82, 2.24) is 20.4 Å². The molecule has 2 heterocycles. The summed E-state index contributed by atoms with van der Waals surface area (Å²) in [6.45, 7) is -5.72. The molecule has 0 atom stereocenters. The Morgan fingerprint density at radius 3 is 1.40 bits per heavy atom. The zero-order valence-corrected chi connectivity index (χ0v) is 9.69. The van der Waals surface area contributed by atoms with Gasteiger partial charge in [-0.05, 0) is 0 Å². The van der Waals surface area contributed by atoms with Crippen LogP contribution in [0.2, 0.25) is 0 Å². The minimum absolute atomic E-state index is 0.190. The average molecular weight is 298 g/mol. The molecule has 0 bridgehead atoms. The molecule has 2 rings (SSSR count). The van der Waals surface area contributed by atoms with Crippen molar-refractivity contribution in [2.45, 2.75) is 13.2 Å². The monoisotopic (exact) mass is 298 g/mol. The van der Waals surface area contributed by atoms with Crippen LogP contribution >= 0.6 is 0 Å². The van der Waals surface area contributed by atoms with Gasteiger partial charge in [0.2, 0.25) is 11.8 Å². The molecule has 0 saturated carbocycles. The van der Waals surface area contributed by atoms with E-state index in [9.17, 15) is 17.6 Å². The van der Waals surface area contributed by atoms with E-state index < -0.39 is 13.2 Å². The van der Waals surface area contributed by atoms with Crippen LogP contribution in [0.4, 0.5) is 29.2 Å². The van der Waals surface area contributed by atoms with E-state index in [4.69, 9.17) is 11.5 Å². The number of H-pyrrole nitrogens is 2. The van der Waals surface area contributed by atoms with Gasteiger partial charge in [-0.2, -0.15) is 17.6 Å². The van der Waals surface area contributed by atoms with Crippen LogP contribution in [0.25, 0.3) is 0 Å². The van der Waals surface area contributed by atoms with Gasteiger partial charge in [0.05, 0.1) is 0 Å². The molecule has 0 aliphatic rings. The van der Waals surface area contributed by atoms with E-state index in [0.29, 0.717) is 0 Å². The zero-order valence-electron chi connectivity index (χ0n) is 9.69. The third-order valence-electron chi connectivity index (χ3n) is 1.57. The first-order valence-electron chi connectivity index (χ1n) is 4.88. The molecule has 20 heavy (non-hydrogen) atoms. The summed E-state index contributed by atoms with van der Waals surface area (Å²) in [6.07, 6.45) is 0. The maximum Gasteiger partial charge on any atom is 0.388 e. The van der Waals surface area contributed by atoms with Crippen LogP contribution in [0.3, 0.4) is 0 Å². The summed E-state index contributed by atoms with van der Waals surface area (Å²) >= 11 is 0. The molecule has 0 aliphatic carbocycles. The Morgan fingerprint density at radius 1 is 0.850 bits per heavy atom. The lowest BCUT2D eigenvalue weighted by Crippen LogP contribution is -2.01. The summed E-state index contributed by atoms with van der Waals surface area (Å²) in [4.78, 5) is 0. The second-order valence-corrected chi connectivity index (χ2v) is 3.08. The fourth-order valence-electron chi connectivity index (χ4n) is 0.938. The Morgan fingerprint density at radius 2 is 1.20 bits per heavy atom. The third kappa shape index (κ3) is 5.79. The Labute approximate surface area is 109 Å². The summed E-state index contributed by atoms with van der Waals surface area (Å²) in [7, 11) is 0. The Kier molecular flexibility index (Phi) is 5.43. The third-order valence-corrected chi connectivity index (χ3v) is 1.57. The van der Waals surface area contributed by atoms with E-state index in [1.807, 2.05) is 0 Å². The topological polar surface area (TPSA) is 128 Å². The van der Waals surface area contributed by atoms with Crippen molar-refractivity contribution in [3.8, 4) is 11.8 Å². The summed E-state index contributed by atoms with van der Waals surface area (Å²) < 4.78 is 53.4. The van der Waals surface area contributed by atoms with Crippen LogP contribution < -0.4 is 20.9 Å². The summed E-state index contributed by atoms with van der Waals surface area (Å²) in [5.41, 5.74) is 10.2. The number of aromatic amines is 2. The number of aromatic nitrogens is 4. The van der Waals surface area contributed by atoms with Crippen LogP contribution in [-0.4, -0.2) is 33.6 Å². The van der Waals surface area contributed by atoms with Gasteiger partial charge >= 0.3 is 13.2 Å². The first kappa shape index (κ1) is 15.4. The molecule has 0 radical (unpaired) electrons. The van der Waals surface area contributed by atoms with Crippen LogP contribution in [0, 0.1) is 0 Å². The Bertz CT molecular complexity index is 470. The normalized spacial score (nSPS) is 10.3. The van der Waals surface area contributed by atoms with Gasteiger partial charge in [-0.15, -0.1) is 10.2 Å². The molecular weight excluding hydrogens is 288 g/mol. The lowest BCUT2D eigenvalue weighted by molar-refractivity contribution is -0.0535. The Hall–Kier alpha value is -2.66. The lowest BCUT2D eigenvalue weighted by atomic mass is 10.6. The maximum absolute atomic E-state index is 11.4. The number of hydrogen-bond donors (Lipinski definition) is 4. The molecule has 2 aromatic heterocycles. The quantitative estimate of drug-likeness (QED) is 0.628. The van der Waals surface area contributed by atoms with Gasteiger partial charge in [-0.1, -0.05) is 0 Å². The minimum atomic E-state index is -2.86. The zero-order chi connectivity index (χ0) is 15.1. The molecular formula is C8H10F4N6O2. The van der Waals surface area contributed by atoms with E-state index in [0.717, 1.165) is 0 Å². The van der Waals surface area contributed by atoms with E-state index in [-0.39, 0.29) is 23.4 Å². The van der Waals surface area contributed by atoms with Crippen LogP contribution in [0.1, 0.15) is 0 Å². The van der Waals surface area contributed by atoms with Crippen molar-refractivity contribution in [2.75, 3.05) is 11.5 Å². The van der Waals surface area contributed by atoms with Gasteiger partial charge in [0.1, 0.15) is 11.6 Å². The standard InChI is InChI=1S/2C4H5F2N3O/c2*5-4(6)10-3-1-2(7)8-9-3/h2*1,4H,(H3,7,8,9). The highest BCUT2D eigenvalue weighted by Gasteiger charge is 2.06. The van der Waals surface area contributed by atoms with Crippen molar-refractivity contribution >= 4 is 11.6 Å². The first-order chi connectivity index (χ1) is 9.36. The van der Waals surface area contributed by atoms with E-state index in [1.54, 1.807) is 0 Å².